The first-order valence-electron chi connectivity index (χ1n) is 8.67. The van der Waals surface area contributed by atoms with Crippen LogP contribution >= 0.6 is 23.1 Å². The number of aryl methyl sites for hydroxylation is 1. The predicted molar refractivity (Wildman–Crippen MR) is 111 cm³/mol. The van der Waals surface area contributed by atoms with Gasteiger partial charge in [-0.1, -0.05) is 35.2 Å². The molecule has 3 rings (SSSR count). The lowest BCUT2D eigenvalue weighted by atomic mass is 10.1. The monoisotopic (exact) mass is 430 g/mol. The van der Waals surface area contributed by atoms with Crippen molar-refractivity contribution in [2.75, 3.05) is 12.4 Å². The summed E-state index contributed by atoms with van der Waals surface area (Å²) in [5, 5.41) is 12.6. The number of carbonyl (C=O) groups is 2. The molecule has 0 aliphatic carbocycles. The van der Waals surface area contributed by atoms with Crippen molar-refractivity contribution >= 4 is 41.2 Å². The third-order valence-electron chi connectivity index (χ3n) is 3.52. The topological polar surface area (TPSA) is 107 Å². The number of carbonyl (C=O) groups excluding carboxylic acids is 2. The number of hydrogen-bond donors (Lipinski definition) is 1. The summed E-state index contributed by atoms with van der Waals surface area (Å²) in [5.74, 6) is 0.696. The van der Waals surface area contributed by atoms with Crippen LogP contribution in [-0.2, 0) is 9.53 Å². The molecular weight excluding hydrogens is 412 g/mol. The van der Waals surface area contributed by atoms with Crippen LogP contribution < -0.4 is 5.43 Å². The molecule has 2 aromatic heterocycles. The van der Waals surface area contributed by atoms with Crippen molar-refractivity contribution in [2.24, 2.45) is 5.10 Å². The Kier molecular flexibility index (Phi) is 7.14. The van der Waals surface area contributed by atoms with Gasteiger partial charge in [-0.2, -0.15) is 5.10 Å². The molecule has 29 heavy (non-hydrogen) atoms. The van der Waals surface area contributed by atoms with Crippen LogP contribution in [0.3, 0.4) is 0 Å². The van der Waals surface area contributed by atoms with Crippen LogP contribution in [0.1, 0.15) is 28.0 Å². The van der Waals surface area contributed by atoms with Crippen LogP contribution in [0.25, 0.3) is 11.3 Å². The van der Waals surface area contributed by atoms with Gasteiger partial charge in [0.1, 0.15) is 16.5 Å². The van der Waals surface area contributed by atoms with Crippen molar-refractivity contribution < 1.29 is 18.7 Å². The molecule has 1 aromatic carbocycles. The molecule has 0 fully saturated rings. The molecule has 1 N–H and O–H groups in total. The van der Waals surface area contributed by atoms with Crippen LogP contribution in [-0.4, -0.2) is 40.6 Å². The van der Waals surface area contributed by atoms with Crippen molar-refractivity contribution in [3.8, 4) is 11.3 Å². The Morgan fingerprint density at radius 1 is 1.24 bits per heavy atom. The fraction of sp³-hybridized carbons (Fsp3) is 0.211. The zero-order valence-corrected chi connectivity index (χ0v) is 17.4. The Morgan fingerprint density at radius 2 is 2.03 bits per heavy atom. The number of hydrogen-bond acceptors (Lipinski definition) is 9. The summed E-state index contributed by atoms with van der Waals surface area (Å²) < 4.78 is 11.4. The van der Waals surface area contributed by atoms with Gasteiger partial charge in [0.2, 0.25) is 0 Å². The van der Waals surface area contributed by atoms with E-state index in [0.29, 0.717) is 23.7 Å². The van der Waals surface area contributed by atoms with Crippen molar-refractivity contribution in [3.05, 3.63) is 52.7 Å². The molecular formula is C19H18N4O4S2. The van der Waals surface area contributed by atoms with Crippen molar-refractivity contribution in [3.63, 3.8) is 0 Å². The Bertz CT molecular complexity index is 1010. The van der Waals surface area contributed by atoms with Gasteiger partial charge >= 0.3 is 5.97 Å². The van der Waals surface area contributed by atoms with E-state index in [1.165, 1.54) is 29.3 Å². The molecule has 0 radical (unpaired) electrons. The number of furan rings is 1. The maximum Gasteiger partial charge on any atom is 0.338 e. The third kappa shape index (κ3) is 6.00. The predicted octanol–water partition coefficient (Wildman–Crippen LogP) is 3.53. The van der Waals surface area contributed by atoms with Crippen LogP contribution in [0.4, 0.5) is 0 Å². The number of hydrazone groups is 1. The molecule has 1 amide bonds. The van der Waals surface area contributed by atoms with Gasteiger partial charge in [-0.25, -0.2) is 10.2 Å². The summed E-state index contributed by atoms with van der Waals surface area (Å²) in [4.78, 5) is 23.5. The number of ether oxygens (including phenoxy) is 1. The van der Waals surface area contributed by atoms with Gasteiger partial charge in [-0.15, -0.1) is 10.2 Å². The maximum atomic E-state index is 11.8. The second kappa shape index (κ2) is 9.99. The van der Waals surface area contributed by atoms with E-state index >= 15 is 0 Å². The van der Waals surface area contributed by atoms with Crippen LogP contribution in [0.2, 0.25) is 0 Å². The van der Waals surface area contributed by atoms with Gasteiger partial charge in [-0.05, 0) is 38.1 Å². The van der Waals surface area contributed by atoms with Gasteiger partial charge in [0.15, 0.2) is 4.34 Å². The lowest BCUT2D eigenvalue weighted by Gasteiger charge is -2.02. The van der Waals surface area contributed by atoms with E-state index in [2.05, 4.69) is 20.7 Å². The van der Waals surface area contributed by atoms with Gasteiger partial charge < -0.3 is 9.15 Å². The summed E-state index contributed by atoms with van der Waals surface area (Å²) in [5.41, 5.74) is 3.73. The van der Waals surface area contributed by atoms with Gasteiger partial charge in [-0.3, -0.25) is 4.79 Å². The molecule has 0 saturated heterocycles. The molecule has 0 unspecified atom stereocenters. The normalized spacial score (nSPS) is 11.0. The van der Waals surface area contributed by atoms with E-state index in [0.717, 1.165) is 14.9 Å². The van der Waals surface area contributed by atoms with E-state index in [9.17, 15) is 9.59 Å². The third-order valence-corrected chi connectivity index (χ3v) is 5.49. The number of rotatable bonds is 8. The molecule has 0 bridgehead atoms. The van der Waals surface area contributed by atoms with Crippen LogP contribution in [0.15, 0.2) is 50.3 Å². The van der Waals surface area contributed by atoms with Crippen molar-refractivity contribution in [2.45, 2.75) is 18.2 Å². The zero-order valence-electron chi connectivity index (χ0n) is 15.7. The molecule has 10 heteroatoms. The summed E-state index contributed by atoms with van der Waals surface area (Å²) in [6, 6.07) is 10.4. The number of nitrogens with zero attached hydrogens (tertiary/aromatic N) is 3. The molecule has 150 valence electrons. The average Bonchev–Trinajstić information content (AvgIpc) is 3.36. The summed E-state index contributed by atoms with van der Waals surface area (Å²) >= 11 is 2.74. The second-order valence-electron chi connectivity index (χ2n) is 5.67. The van der Waals surface area contributed by atoms with Gasteiger partial charge in [0.25, 0.3) is 5.91 Å². The number of nitrogens with one attached hydrogen (secondary N) is 1. The molecule has 0 aliphatic rings. The largest absolute Gasteiger partial charge is 0.462 e. The fourth-order valence-electron chi connectivity index (χ4n) is 2.23. The molecule has 0 spiro atoms. The SMILES string of the molecule is CCOC(=O)c1ccc(-c2ccc(/C=N/NC(=O)CSc3nnc(C)s3)o2)cc1. The van der Waals surface area contributed by atoms with Crippen LogP contribution in [0, 0.1) is 6.92 Å². The zero-order chi connectivity index (χ0) is 20.6. The minimum Gasteiger partial charge on any atom is -0.462 e. The first-order chi connectivity index (χ1) is 14.0. The Labute approximate surface area is 175 Å². The molecule has 3 aromatic rings. The molecule has 8 nitrogen and oxygen atoms in total. The first-order valence-corrected chi connectivity index (χ1v) is 10.5. The number of benzene rings is 1. The van der Waals surface area contributed by atoms with E-state index in [4.69, 9.17) is 9.15 Å². The van der Waals surface area contributed by atoms with Crippen molar-refractivity contribution in [1.82, 2.24) is 15.6 Å². The maximum absolute atomic E-state index is 11.8. The number of thioether (sulfide) groups is 1. The lowest BCUT2D eigenvalue weighted by molar-refractivity contribution is -0.118. The number of esters is 1. The standard InChI is InChI=1S/C19H18N4O4S2/c1-3-26-18(25)14-6-4-13(5-7-14)16-9-8-15(27-16)10-20-22-17(24)11-28-19-23-21-12(2)29-19/h4-10H,3,11H2,1-2H3,(H,22,24)/b20-10+. The molecule has 2 heterocycles. The summed E-state index contributed by atoms with van der Waals surface area (Å²) in [7, 11) is 0. The first kappa shape index (κ1) is 20.7. The van der Waals surface area contributed by atoms with Crippen LogP contribution in [0.5, 0.6) is 0 Å². The van der Waals surface area contributed by atoms with Gasteiger partial charge in [0.05, 0.1) is 24.1 Å². The molecule has 0 atom stereocenters. The van der Waals surface area contributed by atoms with Crippen molar-refractivity contribution in [1.29, 1.82) is 0 Å². The van der Waals surface area contributed by atoms with E-state index < -0.39 is 0 Å². The lowest BCUT2D eigenvalue weighted by Crippen LogP contribution is -2.19. The van der Waals surface area contributed by atoms with E-state index in [-0.39, 0.29) is 17.6 Å². The number of amides is 1. The summed E-state index contributed by atoms with van der Waals surface area (Å²) in [6.07, 6.45) is 1.42. The second-order valence-corrected chi connectivity index (χ2v) is 8.07. The minimum atomic E-state index is -0.360. The Hall–Kier alpha value is -2.98. The molecule has 0 saturated carbocycles. The highest BCUT2D eigenvalue weighted by atomic mass is 32.2. The highest BCUT2D eigenvalue weighted by molar-refractivity contribution is 8.01. The Morgan fingerprint density at radius 3 is 2.72 bits per heavy atom. The smallest absolute Gasteiger partial charge is 0.338 e. The number of aromatic nitrogens is 2. The minimum absolute atomic E-state index is 0.197. The fourth-order valence-corrected chi connectivity index (χ4v) is 3.83. The average molecular weight is 431 g/mol. The van der Waals surface area contributed by atoms with E-state index in [1.54, 1.807) is 43.3 Å². The van der Waals surface area contributed by atoms with Gasteiger partial charge in [0, 0.05) is 5.56 Å². The Balaban J connectivity index is 1.51. The quantitative estimate of drug-likeness (QED) is 0.252. The molecule has 0 aliphatic heterocycles. The van der Waals surface area contributed by atoms with E-state index in [1.807, 2.05) is 6.92 Å². The highest BCUT2D eigenvalue weighted by Crippen LogP contribution is 2.23. The highest BCUT2D eigenvalue weighted by Gasteiger charge is 2.09. The summed E-state index contributed by atoms with van der Waals surface area (Å²) in [6.45, 7) is 3.95.